The largest absolute Gasteiger partial charge is 0.507 e. The molecule has 0 saturated carbocycles. The zero-order valence-corrected chi connectivity index (χ0v) is 66.5. The van der Waals surface area contributed by atoms with Gasteiger partial charge in [0, 0.05) is 11.1 Å². The summed E-state index contributed by atoms with van der Waals surface area (Å²) in [5.41, 5.74) is 19.9. The van der Waals surface area contributed by atoms with Crippen LogP contribution >= 0.6 is 0 Å². The van der Waals surface area contributed by atoms with Gasteiger partial charge in [-0.15, -0.1) is 13.2 Å². The third-order valence-electron chi connectivity index (χ3n) is 17.7. The average molecular weight is 1320 g/mol. The van der Waals surface area contributed by atoms with Crippen molar-refractivity contribution >= 4 is 0 Å². The molecule has 0 aliphatic carbocycles. The molecular weight excluding hydrogens is 1190 g/mol. The van der Waals surface area contributed by atoms with Crippen LogP contribution in [0.25, 0.3) is 11.1 Å². The number of phenols is 7. The first-order chi connectivity index (χ1) is 43.7. The molecular formula is C90H130O7. The fourth-order valence-corrected chi connectivity index (χ4v) is 11.7. The molecule has 0 aromatic heterocycles. The van der Waals surface area contributed by atoms with Crippen molar-refractivity contribution in [2.24, 2.45) is 0 Å². The van der Waals surface area contributed by atoms with E-state index in [4.69, 9.17) is 0 Å². The molecule has 0 fully saturated rings. The van der Waals surface area contributed by atoms with Crippen LogP contribution in [-0.2, 0) is 68.0 Å². The summed E-state index contributed by atoms with van der Waals surface area (Å²) < 4.78 is 0. The number of allylic oxidation sites excluding steroid dienone is 2. The maximum Gasteiger partial charge on any atom is 0.123 e. The third-order valence-corrected chi connectivity index (χ3v) is 17.7. The van der Waals surface area contributed by atoms with E-state index in [0.29, 0.717) is 53.1 Å². The predicted molar refractivity (Wildman–Crippen MR) is 418 cm³/mol. The Morgan fingerprint density at radius 1 is 0.278 bits per heavy atom. The second-order valence-corrected chi connectivity index (χ2v) is 36.5. The van der Waals surface area contributed by atoms with Gasteiger partial charge in [-0.2, -0.15) is 0 Å². The molecule has 7 nitrogen and oxygen atoms in total. The quantitative estimate of drug-likeness (QED) is 0.0788. The molecule has 0 heterocycles. The van der Waals surface area contributed by atoms with Gasteiger partial charge >= 0.3 is 0 Å². The zero-order chi connectivity index (χ0) is 75.2. The Balaban J connectivity index is 0.000000326. The van der Waals surface area contributed by atoms with E-state index in [-0.39, 0.29) is 48.7 Å². The number of rotatable bonds is 7. The minimum Gasteiger partial charge on any atom is -0.507 e. The van der Waals surface area contributed by atoms with Crippen LogP contribution in [0.3, 0.4) is 0 Å². The number of phenolic OH excluding ortho intramolecular Hbond substituents is 7. The summed E-state index contributed by atoms with van der Waals surface area (Å²) in [6.07, 6.45) is 5.66. The topological polar surface area (TPSA) is 142 Å². The van der Waals surface area contributed by atoms with Gasteiger partial charge in [-0.3, -0.25) is 0 Å². The molecule has 7 aromatic carbocycles. The van der Waals surface area contributed by atoms with E-state index in [1.165, 1.54) is 22.3 Å². The van der Waals surface area contributed by atoms with Crippen molar-refractivity contribution in [2.75, 3.05) is 0 Å². The minimum absolute atomic E-state index is 0.0178. The predicted octanol–water partition coefficient (Wildman–Crippen LogP) is 24.3. The molecule has 7 aromatic rings. The minimum atomic E-state index is -0.172. The monoisotopic (exact) mass is 1320 g/mol. The van der Waals surface area contributed by atoms with Gasteiger partial charge in [0.25, 0.3) is 0 Å². The van der Waals surface area contributed by atoms with E-state index < -0.39 is 0 Å². The van der Waals surface area contributed by atoms with Gasteiger partial charge in [0.1, 0.15) is 40.2 Å². The number of hydrogen-bond acceptors (Lipinski definition) is 7. The Morgan fingerprint density at radius 3 is 0.948 bits per heavy atom. The van der Waals surface area contributed by atoms with Crippen LogP contribution in [-0.4, -0.2) is 35.7 Å². The molecule has 0 aliphatic rings. The lowest BCUT2D eigenvalue weighted by Gasteiger charge is -2.27. The highest BCUT2D eigenvalue weighted by molar-refractivity contribution is 5.72. The summed E-state index contributed by atoms with van der Waals surface area (Å²) in [6, 6.07) is 30.8. The van der Waals surface area contributed by atoms with Gasteiger partial charge in [0.15, 0.2) is 0 Å². The lowest BCUT2D eigenvalue weighted by Crippen LogP contribution is -2.17. The van der Waals surface area contributed by atoms with E-state index in [2.05, 4.69) is 268 Å². The van der Waals surface area contributed by atoms with Crippen LogP contribution in [0.15, 0.2) is 116 Å². The maximum atomic E-state index is 10.7. The summed E-state index contributed by atoms with van der Waals surface area (Å²) in [4.78, 5) is 0. The highest BCUT2D eigenvalue weighted by atomic mass is 16.3. The normalized spacial score (nSPS) is 12.4. The highest BCUT2D eigenvalue weighted by Gasteiger charge is 2.29. The highest BCUT2D eigenvalue weighted by Crippen LogP contribution is 2.45. The van der Waals surface area contributed by atoms with Crippen molar-refractivity contribution < 1.29 is 35.7 Å². The van der Waals surface area contributed by atoms with Crippen LogP contribution in [0.2, 0.25) is 0 Å². The Labute approximate surface area is 589 Å². The summed E-state index contributed by atoms with van der Waals surface area (Å²) in [5, 5.41) is 72.7. The smallest absolute Gasteiger partial charge is 0.123 e. The molecule has 532 valence electrons. The number of para-hydroxylation sites is 1. The van der Waals surface area contributed by atoms with Crippen LogP contribution in [0.4, 0.5) is 0 Å². The summed E-state index contributed by atoms with van der Waals surface area (Å²) in [5.74, 6) is 2.83. The molecule has 0 atom stereocenters. The Hall–Kier alpha value is -7.38. The summed E-state index contributed by atoms with van der Waals surface area (Å²) >= 11 is 0. The molecule has 0 radical (unpaired) electrons. The molecule has 7 N–H and O–H groups in total. The first-order valence-corrected chi connectivity index (χ1v) is 34.8. The van der Waals surface area contributed by atoms with Crippen molar-refractivity contribution in [3.8, 4) is 51.4 Å². The summed E-state index contributed by atoms with van der Waals surface area (Å²) in [6.45, 7) is 74.9. The van der Waals surface area contributed by atoms with Gasteiger partial charge in [0.2, 0.25) is 0 Å². The average Bonchev–Trinajstić information content (AvgIpc) is 0.808. The molecule has 97 heavy (non-hydrogen) atoms. The van der Waals surface area contributed by atoms with Crippen molar-refractivity contribution in [2.45, 2.75) is 290 Å². The maximum absolute atomic E-state index is 10.7. The first-order valence-electron chi connectivity index (χ1n) is 34.8. The second kappa shape index (κ2) is 31.2. The fraction of sp³-hybridized carbons (Fsp3) is 0.489. The molecule has 7 heteroatoms. The Bertz CT molecular complexity index is 3820. The Morgan fingerprint density at radius 2 is 0.577 bits per heavy atom. The van der Waals surface area contributed by atoms with Crippen molar-refractivity contribution in [1.29, 1.82) is 0 Å². The molecule has 7 rings (SSSR count). The van der Waals surface area contributed by atoms with E-state index in [9.17, 15) is 35.7 Å². The van der Waals surface area contributed by atoms with Gasteiger partial charge in [-0.25, -0.2) is 0 Å². The molecule has 0 aliphatic heterocycles. The van der Waals surface area contributed by atoms with Gasteiger partial charge in [0.05, 0.1) is 0 Å². The molecule has 0 unspecified atom stereocenters. The van der Waals surface area contributed by atoms with Crippen molar-refractivity contribution in [3.05, 3.63) is 216 Å². The van der Waals surface area contributed by atoms with E-state index in [1.54, 1.807) is 0 Å². The van der Waals surface area contributed by atoms with E-state index >= 15 is 0 Å². The van der Waals surface area contributed by atoms with Gasteiger partial charge in [-0.1, -0.05) is 271 Å². The van der Waals surface area contributed by atoms with Crippen LogP contribution in [0.5, 0.6) is 40.2 Å². The van der Waals surface area contributed by atoms with E-state index in [1.807, 2.05) is 70.2 Å². The van der Waals surface area contributed by atoms with Crippen LogP contribution in [0.1, 0.15) is 287 Å². The number of benzene rings is 7. The van der Waals surface area contributed by atoms with Gasteiger partial charge < -0.3 is 35.7 Å². The van der Waals surface area contributed by atoms with Crippen molar-refractivity contribution in [3.63, 3.8) is 0 Å². The summed E-state index contributed by atoms with van der Waals surface area (Å²) in [7, 11) is 0. The lowest BCUT2D eigenvalue weighted by atomic mass is 9.78. The lowest BCUT2D eigenvalue weighted by molar-refractivity contribution is 0.423. The fourth-order valence-electron chi connectivity index (χ4n) is 11.7. The Kier molecular flexibility index (Phi) is 27.0. The first kappa shape index (κ1) is 83.8. The molecule has 0 amide bonds. The van der Waals surface area contributed by atoms with Crippen LogP contribution in [0, 0.1) is 34.6 Å². The van der Waals surface area contributed by atoms with E-state index in [0.717, 1.165) is 95.4 Å². The standard InChI is InChI=1S/C25H34O2.C24H32O2.2C15H24O.C11H16O/c1-9-10-19-13-18(15-21(23(19)27)25(6,7)8)12-17-11-16(2)22(26)20(14-17)24(3,4)5;1-9-10-16-12-18(14-20(22(16)26)24(6,7)8)17-11-15(2)21(25)19(13-17)23(3,4)5;1-10-8-11(14(2,3)4)9-12(13(10)16)15(5,6)7;1-10-8-11(14(2,3)4)13(16)12(9-10)15(5,6)7;1-8-6-5-7-9(10(8)12)11(2,3)4/h9,11,13-15,26-27H,1,10,12H2,2-8H3;9,11-14,25-26H,1,10H2,2-8H3;2*8-9,16H,1-7H3;5-7,12H,1-4H3. The molecule has 0 saturated heterocycles. The number of aromatic hydroxyl groups is 7. The van der Waals surface area contributed by atoms with Crippen molar-refractivity contribution in [1.82, 2.24) is 0 Å². The number of aryl methyl sites for hydroxylation is 5. The number of hydrogen-bond donors (Lipinski definition) is 7. The second-order valence-electron chi connectivity index (χ2n) is 36.5. The van der Waals surface area contributed by atoms with Gasteiger partial charge in [-0.05, 0) is 221 Å². The third kappa shape index (κ3) is 22.8. The zero-order valence-electron chi connectivity index (χ0n) is 66.5. The van der Waals surface area contributed by atoms with Crippen LogP contribution < -0.4 is 0 Å². The molecule has 0 bridgehead atoms. The SMILES string of the molecule is C=CCc1cc(-c2cc(C)c(O)c(C(C)(C)C)c2)cc(C(C)(C)C)c1O.C=CCc1cc(Cc2cc(C)c(O)c(C(C)(C)C)c2)cc(C(C)(C)C)c1O.Cc1cc(C(C)(C)C)c(O)c(C(C)(C)C)c1.Cc1cc(C(C)(C)C)cc(C(C)(C)C)c1O.Cc1cccc(C(C)(C)C)c1O. The molecule has 0 spiro atoms.